The highest BCUT2D eigenvalue weighted by molar-refractivity contribution is 5.94. The molecule has 3 aromatic carbocycles. The zero-order valence-corrected chi connectivity index (χ0v) is 21.2. The summed E-state index contributed by atoms with van der Waals surface area (Å²) in [5, 5.41) is 0.718. The van der Waals surface area contributed by atoms with Crippen LogP contribution in [0.3, 0.4) is 0 Å². The molecule has 1 unspecified atom stereocenters. The van der Waals surface area contributed by atoms with Crippen LogP contribution in [0, 0.1) is 0 Å². The summed E-state index contributed by atoms with van der Waals surface area (Å²) in [4.78, 5) is 25.3. The Bertz CT molecular complexity index is 1640. The van der Waals surface area contributed by atoms with Crippen molar-refractivity contribution in [3.05, 3.63) is 114 Å². The van der Waals surface area contributed by atoms with Gasteiger partial charge in [0.25, 0.3) is 0 Å². The molecule has 40 heavy (non-hydrogen) atoms. The minimum absolute atomic E-state index is 0.301. The third kappa shape index (κ3) is 5.56. The van der Waals surface area contributed by atoms with Gasteiger partial charge in [0.15, 0.2) is 11.5 Å². The van der Waals surface area contributed by atoms with Gasteiger partial charge in [-0.05, 0) is 35.4 Å². The van der Waals surface area contributed by atoms with Crippen molar-refractivity contribution in [2.24, 2.45) is 5.73 Å². The molecule has 1 atom stereocenters. The van der Waals surface area contributed by atoms with Crippen molar-refractivity contribution in [2.75, 3.05) is 7.11 Å². The molecule has 0 aliphatic rings. The first-order valence-electron chi connectivity index (χ1n) is 12.2. The monoisotopic (exact) mass is 544 g/mol. The van der Waals surface area contributed by atoms with Gasteiger partial charge in [-0.3, -0.25) is 9.78 Å². The fourth-order valence-electron chi connectivity index (χ4n) is 4.43. The predicted octanol–water partition coefficient (Wildman–Crippen LogP) is 5.92. The standard InChI is InChI=1S/C30H23F3N4O3/c1-39-25-13-23-24(14-26(25)40-16-18-3-2-12-35-15-18)36-17-37-28(23)21-6-4-19(5-7-21)27(29(34)38)20-8-10-22(11-9-20)30(31,32)33/h2-15,17,27H,16H2,1H3,(H2,34,38). The molecule has 0 fully saturated rings. The van der Waals surface area contributed by atoms with Gasteiger partial charge in [-0.15, -0.1) is 0 Å². The van der Waals surface area contributed by atoms with Crippen LogP contribution in [0.2, 0.25) is 0 Å². The minimum atomic E-state index is -4.47. The van der Waals surface area contributed by atoms with Gasteiger partial charge in [-0.25, -0.2) is 9.97 Å². The maximum absolute atomic E-state index is 13.0. The Morgan fingerprint density at radius 3 is 2.25 bits per heavy atom. The van der Waals surface area contributed by atoms with E-state index in [0.717, 1.165) is 28.6 Å². The summed E-state index contributed by atoms with van der Waals surface area (Å²) in [5.74, 6) is -0.582. The molecule has 0 spiro atoms. The minimum Gasteiger partial charge on any atom is -0.493 e. The van der Waals surface area contributed by atoms with Crippen molar-refractivity contribution in [1.29, 1.82) is 0 Å². The van der Waals surface area contributed by atoms with Gasteiger partial charge in [0.05, 0.1) is 29.8 Å². The van der Waals surface area contributed by atoms with Crippen LogP contribution < -0.4 is 15.2 Å². The maximum Gasteiger partial charge on any atom is 0.416 e. The number of pyridine rings is 1. The lowest BCUT2D eigenvalue weighted by molar-refractivity contribution is -0.137. The first kappa shape index (κ1) is 26.6. The second-order valence-electron chi connectivity index (χ2n) is 8.97. The third-order valence-electron chi connectivity index (χ3n) is 6.41. The molecule has 2 N–H and O–H groups in total. The van der Waals surface area contributed by atoms with E-state index in [-0.39, 0.29) is 0 Å². The van der Waals surface area contributed by atoms with Crippen molar-refractivity contribution >= 4 is 16.8 Å². The Labute approximate surface area is 227 Å². The largest absolute Gasteiger partial charge is 0.493 e. The first-order valence-corrected chi connectivity index (χ1v) is 12.2. The third-order valence-corrected chi connectivity index (χ3v) is 6.41. The molecule has 1 amide bonds. The molecule has 2 aromatic heterocycles. The van der Waals surface area contributed by atoms with Crippen molar-refractivity contribution in [3.8, 4) is 22.8 Å². The second-order valence-corrected chi connectivity index (χ2v) is 8.97. The SMILES string of the molecule is COc1cc2c(-c3ccc(C(C(N)=O)c4ccc(C(F)(F)F)cc4)cc3)ncnc2cc1OCc1cccnc1. The molecule has 5 aromatic rings. The van der Waals surface area contributed by atoms with Crippen LogP contribution >= 0.6 is 0 Å². The molecule has 7 nitrogen and oxygen atoms in total. The number of amides is 1. The van der Waals surface area contributed by atoms with Crippen molar-refractivity contribution in [3.63, 3.8) is 0 Å². The average molecular weight is 545 g/mol. The van der Waals surface area contributed by atoms with Crippen LogP contribution in [-0.4, -0.2) is 28.0 Å². The van der Waals surface area contributed by atoms with Crippen LogP contribution in [0.1, 0.15) is 28.2 Å². The summed E-state index contributed by atoms with van der Waals surface area (Å²) in [5.41, 5.74) is 8.65. The number of methoxy groups -OCH3 is 1. The number of hydrogen-bond donors (Lipinski definition) is 1. The summed E-state index contributed by atoms with van der Waals surface area (Å²) in [6.07, 6.45) is 0.376. The summed E-state index contributed by atoms with van der Waals surface area (Å²) < 4.78 is 50.5. The number of benzene rings is 3. The fourth-order valence-corrected chi connectivity index (χ4v) is 4.43. The number of alkyl halides is 3. The highest BCUT2D eigenvalue weighted by Crippen LogP contribution is 2.37. The zero-order chi connectivity index (χ0) is 28.3. The van der Waals surface area contributed by atoms with Crippen LogP contribution in [-0.2, 0) is 17.6 Å². The molecule has 2 heterocycles. The van der Waals surface area contributed by atoms with Gasteiger partial charge in [-0.1, -0.05) is 42.5 Å². The highest BCUT2D eigenvalue weighted by atomic mass is 19.4. The topological polar surface area (TPSA) is 100 Å². The molecule has 0 saturated heterocycles. The van der Waals surface area contributed by atoms with Crippen LogP contribution in [0.15, 0.2) is 91.5 Å². The Morgan fingerprint density at radius 1 is 0.950 bits per heavy atom. The molecule has 0 saturated carbocycles. The number of hydrogen-bond acceptors (Lipinski definition) is 6. The van der Waals surface area contributed by atoms with Gasteiger partial charge < -0.3 is 15.2 Å². The molecule has 0 aliphatic heterocycles. The van der Waals surface area contributed by atoms with E-state index in [1.54, 1.807) is 55.9 Å². The molecule has 0 bridgehead atoms. The molecule has 5 rings (SSSR count). The number of nitrogens with zero attached hydrogens (tertiary/aromatic N) is 3. The van der Waals surface area contributed by atoms with Crippen LogP contribution in [0.4, 0.5) is 13.2 Å². The van der Waals surface area contributed by atoms with Crippen molar-refractivity contribution in [1.82, 2.24) is 15.0 Å². The normalized spacial score (nSPS) is 12.2. The number of halogens is 3. The predicted molar refractivity (Wildman–Crippen MR) is 143 cm³/mol. The summed E-state index contributed by atoms with van der Waals surface area (Å²) >= 11 is 0. The molecule has 202 valence electrons. The highest BCUT2D eigenvalue weighted by Gasteiger charge is 2.31. The number of nitrogens with two attached hydrogens (primary N) is 1. The van der Waals surface area contributed by atoms with E-state index in [4.69, 9.17) is 15.2 Å². The second kappa shape index (κ2) is 11.0. The number of carbonyl (C=O) groups excluding carboxylic acids is 1. The zero-order valence-electron chi connectivity index (χ0n) is 21.2. The van der Waals surface area contributed by atoms with Gasteiger partial charge in [0, 0.05) is 35.0 Å². The lowest BCUT2D eigenvalue weighted by atomic mass is 9.89. The summed E-state index contributed by atoms with van der Waals surface area (Å²) in [6.45, 7) is 0.301. The number of aromatic nitrogens is 3. The number of ether oxygens (including phenoxy) is 2. The lowest BCUT2D eigenvalue weighted by Gasteiger charge is -2.16. The molecular weight excluding hydrogens is 521 g/mol. The summed E-state index contributed by atoms with van der Waals surface area (Å²) in [7, 11) is 1.54. The Kier molecular flexibility index (Phi) is 7.33. The Balaban J connectivity index is 1.45. The van der Waals surface area contributed by atoms with Gasteiger partial charge in [-0.2, -0.15) is 13.2 Å². The van der Waals surface area contributed by atoms with Crippen molar-refractivity contribution in [2.45, 2.75) is 18.7 Å². The quantitative estimate of drug-likeness (QED) is 0.261. The van der Waals surface area contributed by atoms with Gasteiger partial charge in [0.1, 0.15) is 12.9 Å². The van der Waals surface area contributed by atoms with E-state index in [2.05, 4.69) is 15.0 Å². The van der Waals surface area contributed by atoms with Crippen LogP contribution in [0.5, 0.6) is 11.5 Å². The lowest BCUT2D eigenvalue weighted by Crippen LogP contribution is -2.22. The Hall–Kier alpha value is -4.99. The number of rotatable bonds is 8. The smallest absolute Gasteiger partial charge is 0.416 e. The van der Waals surface area contributed by atoms with E-state index in [1.807, 2.05) is 12.1 Å². The van der Waals surface area contributed by atoms with E-state index in [0.29, 0.717) is 40.4 Å². The maximum atomic E-state index is 13.0. The van der Waals surface area contributed by atoms with Crippen molar-refractivity contribution < 1.29 is 27.4 Å². The summed E-state index contributed by atoms with van der Waals surface area (Å²) in [6, 6.07) is 18.7. The van der Waals surface area contributed by atoms with E-state index in [1.165, 1.54) is 18.5 Å². The van der Waals surface area contributed by atoms with Gasteiger partial charge >= 0.3 is 6.18 Å². The molecular formula is C30H23F3N4O3. The molecule has 0 radical (unpaired) electrons. The van der Waals surface area contributed by atoms with Gasteiger partial charge in [0.2, 0.25) is 5.91 Å². The van der Waals surface area contributed by atoms with E-state index < -0.39 is 23.6 Å². The number of carbonyl (C=O) groups is 1. The molecule has 10 heteroatoms. The molecule has 0 aliphatic carbocycles. The van der Waals surface area contributed by atoms with Crippen LogP contribution in [0.25, 0.3) is 22.2 Å². The Morgan fingerprint density at radius 2 is 1.65 bits per heavy atom. The number of primary amides is 1. The van der Waals surface area contributed by atoms with E-state index in [9.17, 15) is 18.0 Å². The fraction of sp³-hybridized carbons (Fsp3) is 0.133. The average Bonchev–Trinajstić information content (AvgIpc) is 2.96. The number of fused-ring (bicyclic) bond motifs is 1. The van der Waals surface area contributed by atoms with E-state index >= 15 is 0 Å². The first-order chi connectivity index (χ1) is 19.2.